The summed E-state index contributed by atoms with van der Waals surface area (Å²) in [7, 11) is 0. The molecule has 1 heterocycles. The summed E-state index contributed by atoms with van der Waals surface area (Å²) in [5.41, 5.74) is 2.41. The van der Waals surface area contributed by atoms with Gasteiger partial charge in [0.2, 0.25) is 0 Å². The van der Waals surface area contributed by atoms with Crippen LogP contribution in [0.3, 0.4) is 0 Å². The first kappa shape index (κ1) is 18.9. The van der Waals surface area contributed by atoms with Crippen LogP contribution in [-0.2, 0) is 9.47 Å². The molecule has 0 aromatic heterocycles. The predicted octanol–water partition coefficient (Wildman–Crippen LogP) is 4.25. The second kappa shape index (κ2) is 9.20. The summed E-state index contributed by atoms with van der Waals surface area (Å²) in [4.78, 5) is 12.4. The molecule has 142 valence electrons. The van der Waals surface area contributed by atoms with Crippen molar-refractivity contribution < 1.29 is 14.4 Å². The van der Waals surface area contributed by atoms with Gasteiger partial charge in [-0.15, -0.1) is 0 Å². The third-order valence-electron chi connectivity index (χ3n) is 4.15. The maximum absolute atomic E-state index is 10.7. The molecule has 8 nitrogen and oxygen atoms in total. The number of ether oxygens (including phenoxy) is 2. The van der Waals surface area contributed by atoms with Gasteiger partial charge >= 0.3 is 0 Å². The molecule has 0 aliphatic carbocycles. The Morgan fingerprint density at radius 2 is 1.74 bits per heavy atom. The van der Waals surface area contributed by atoms with Gasteiger partial charge in [0.25, 0.3) is 5.69 Å². The highest BCUT2D eigenvalue weighted by molar-refractivity contribution is 5.53. The molecular weight excluding hydrogens is 348 g/mol. The fourth-order valence-corrected chi connectivity index (χ4v) is 2.51. The molecule has 0 radical (unpaired) electrons. The van der Waals surface area contributed by atoms with Crippen LogP contribution in [0.25, 0.3) is 0 Å². The van der Waals surface area contributed by atoms with E-state index < -0.39 is 4.92 Å². The van der Waals surface area contributed by atoms with E-state index in [2.05, 4.69) is 22.1 Å². The smallest absolute Gasteiger partial charge is 0.269 e. The highest BCUT2D eigenvalue weighted by Crippen LogP contribution is 2.23. The molecule has 1 aliphatic rings. The topological polar surface area (TPSA) is 92.9 Å². The Labute approximate surface area is 157 Å². The van der Waals surface area contributed by atoms with E-state index in [9.17, 15) is 10.1 Å². The summed E-state index contributed by atoms with van der Waals surface area (Å²) in [6.07, 6.45) is 0.292. The average Bonchev–Trinajstić information content (AvgIpc) is 3.52. The lowest BCUT2D eigenvalue weighted by Gasteiger charge is -2.23. The quantitative estimate of drug-likeness (QED) is 0.205. The first-order chi connectivity index (χ1) is 13.2. The Hall–Kier alpha value is -2.84. The molecule has 1 unspecified atom stereocenters. The summed E-state index contributed by atoms with van der Waals surface area (Å²) < 4.78 is 10.7. The van der Waals surface area contributed by atoms with Gasteiger partial charge in [-0.2, -0.15) is 10.2 Å². The monoisotopic (exact) mass is 370 g/mol. The van der Waals surface area contributed by atoms with Crippen molar-refractivity contribution in [3.05, 3.63) is 58.6 Å². The van der Waals surface area contributed by atoms with Gasteiger partial charge in [0.05, 0.1) is 36.1 Å². The van der Waals surface area contributed by atoms with Crippen LogP contribution in [0.15, 0.2) is 58.8 Å². The van der Waals surface area contributed by atoms with E-state index in [1.54, 1.807) is 12.1 Å². The molecule has 2 aromatic carbocycles. The standard InChI is InChI=1S/C19H22N4O4/c1-2-22(11-12-26-13-19-14-27-19)17-7-3-15(4-8-17)20-21-16-5-9-18(10-6-16)23(24)25/h3-10,19H,2,11-14H2,1H3. The van der Waals surface area contributed by atoms with E-state index in [-0.39, 0.29) is 5.69 Å². The molecule has 8 heteroatoms. The number of hydrogen-bond acceptors (Lipinski definition) is 7. The maximum atomic E-state index is 10.7. The van der Waals surface area contributed by atoms with E-state index in [4.69, 9.17) is 9.47 Å². The molecule has 1 saturated heterocycles. The fraction of sp³-hybridized carbons (Fsp3) is 0.368. The number of non-ortho nitro benzene ring substituents is 1. The molecule has 0 amide bonds. The van der Waals surface area contributed by atoms with Gasteiger partial charge in [-0.25, -0.2) is 0 Å². The number of azo groups is 1. The lowest BCUT2D eigenvalue weighted by molar-refractivity contribution is -0.384. The minimum absolute atomic E-state index is 0.0339. The molecule has 0 N–H and O–H groups in total. The van der Waals surface area contributed by atoms with Crippen LogP contribution in [-0.4, -0.2) is 43.9 Å². The number of nitro groups is 1. The van der Waals surface area contributed by atoms with Crippen LogP contribution in [0, 0.1) is 10.1 Å². The molecule has 3 rings (SSSR count). The summed E-state index contributed by atoms with van der Waals surface area (Å²) in [5, 5.41) is 18.9. The van der Waals surface area contributed by atoms with Crippen LogP contribution in [0.1, 0.15) is 6.92 Å². The van der Waals surface area contributed by atoms with Crippen molar-refractivity contribution in [2.24, 2.45) is 10.2 Å². The zero-order valence-electron chi connectivity index (χ0n) is 15.2. The van der Waals surface area contributed by atoms with Crippen LogP contribution < -0.4 is 4.90 Å². The Morgan fingerprint density at radius 1 is 1.15 bits per heavy atom. The van der Waals surface area contributed by atoms with Crippen molar-refractivity contribution in [2.75, 3.05) is 37.8 Å². The number of hydrogen-bond donors (Lipinski definition) is 0. The molecule has 1 fully saturated rings. The van der Waals surface area contributed by atoms with Crippen LogP contribution in [0.5, 0.6) is 0 Å². The zero-order valence-corrected chi connectivity index (χ0v) is 15.2. The Morgan fingerprint density at radius 3 is 2.26 bits per heavy atom. The normalized spacial score (nSPS) is 15.8. The average molecular weight is 370 g/mol. The summed E-state index contributed by atoms with van der Waals surface area (Å²) in [6.45, 7) is 5.94. The summed E-state index contributed by atoms with van der Waals surface area (Å²) >= 11 is 0. The molecule has 0 saturated carbocycles. The lowest BCUT2D eigenvalue weighted by Crippen LogP contribution is -2.27. The van der Waals surface area contributed by atoms with E-state index in [1.165, 1.54) is 12.1 Å². The number of epoxide rings is 1. The number of nitrogens with zero attached hydrogens (tertiary/aromatic N) is 4. The SMILES string of the molecule is CCN(CCOCC1CO1)c1ccc(N=Nc2ccc([N+](=O)[O-])cc2)cc1. The van der Waals surface area contributed by atoms with Crippen molar-refractivity contribution in [3.8, 4) is 0 Å². The molecule has 2 aromatic rings. The first-order valence-corrected chi connectivity index (χ1v) is 8.86. The third kappa shape index (κ3) is 5.83. The Kier molecular flexibility index (Phi) is 6.45. The predicted molar refractivity (Wildman–Crippen MR) is 102 cm³/mol. The second-order valence-corrected chi connectivity index (χ2v) is 6.10. The molecule has 0 bridgehead atoms. The van der Waals surface area contributed by atoms with Crippen LogP contribution in [0.2, 0.25) is 0 Å². The second-order valence-electron chi connectivity index (χ2n) is 6.10. The van der Waals surface area contributed by atoms with Gasteiger partial charge in [0.1, 0.15) is 6.10 Å². The lowest BCUT2D eigenvalue weighted by atomic mass is 10.2. The number of nitro benzene ring substituents is 1. The van der Waals surface area contributed by atoms with E-state index >= 15 is 0 Å². The minimum atomic E-state index is -0.441. The fourth-order valence-electron chi connectivity index (χ4n) is 2.51. The van der Waals surface area contributed by atoms with Crippen molar-refractivity contribution in [1.29, 1.82) is 0 Å². The van der Waals surface area contributed by atoms with E-state index in [0.29, 0.717) is 25.0 Å². The molecular formula is C19H22N4O4. The van der Waals surface area contributed by atoms with Crippen molar-refractivity contribution in [1.82, 2.24) is 0 Å². The largest absolute Gasteiger partial charge is 0.377 e. The van der Waals surface area contributed by atoms with Gasteiger partial charge in [-0.1, -0.05) is 0 Å². The summed E-state index contributed by atoms with van der Waals surface area (Å²) in [6, 6.07) is 13.7. The van der Waals surface area contributed by atoms with Gasteiger partial charge in [0.15, 0.2) is 0 Å². The molecule has 27 heavy (non-hydrogen) atoms. The van der Waals surface area contributed by atoms with Crippen molar-refractivity contribution >= 4 is 22.7 Å². The number of anilines is 1. The Bertz CT molecular complexity index is 773. The van der Waals surface area contributed by atoms with Gasteiger partial charge in [0, 0.05) is 30.9 Å². The third-order valence-corrected chi connectivity index (χ3v) is 4.15. The van der Waals surface area contributed by atoms with Gasteiger partial charge in [-0.05, 0) is 43.3 Å². The maximum Gasteiger partial charge on any atom is 0.269 e. The highest BCUT2D eigenvalue weighted by atomic mass is 16.6. The van der Waals surface area contributed by atoms with Crippen LogP contribution in [0.4, 0.5) is 22.7 Å². The molecule has 1 atom stereocenters. The first-order valence-electron chi connectivity index (χ1n) is 8.86. The van der Waals surface area contributed by atoms with E-state index in [0.717, 1.165) is 31.1 Å². The van der Waals surface area contributed by atoms with Gasteiger partial charge < -0.3 is 14.4 Å². The number of rotatable bonds is 10. The molecule has 0 spiro atoms. The summed E-state index contributed by atoms with van der Waals surface area (Å²) in [5.74, 6) is 0. The highest BCUT2D eigenvalue weighted by Gasteiger charge is 2.22. The molecule has 1 aliphatic heterocycles. The van der Waals surface area contributed by atoms with Crippen molar-refractivity contribution in [3.63, 3.8) is 0 Å². The minimum Gasteiger partial charge on any atom is -0.377 e. The van der Waals surface area contributed by atoms with Gasteiger partial charge in [-0.3, -0.25) is 10.1 Å². The number of benzene rings is 2. The van der Waals surface area contributed by atoms with Crippen molar-refractivity contribution in [2.45, 2.75) is 13.0 Å². The zero-order chi connectivity index (χ0) is 19.1. The Balaban J connectivity index is 1.53. The number of likely N-dealkylation sites (N-methyl/N-ethyl adjacent to an activating group) is 1. The van der Waals surface area contributed by atoms with Crippen LogP contribution >= 0.6 is 0 Å². The van der Waals surface area contributed by atoms with E-state index in [1.807, 2.05) is 24.3 Å².